The van der Waals surface area contributed by atoms with Crippen LogP contribution in [-0.2, 0) is 6.42 Å². The van der Waals surface area contributed by atoms with Gasteiger partial charge in [0.25, 0.3) is 0 Å². The van der Waals surface area contributed by atoms with Gasteiger partial charge in [-0.1, -0.05) is 6.07 Å². The number of aliphatic hydroxyl groups excluding tert-OH is 1. The van der Waals surface area contributed by atoms with Gasteiger partial charge in [-0.15, -0.1) is 0 Å². The average molecular weight is 288 g/mol. The highest BCUT2D eigenvalue weighted by Crippen LogP contribution is 2.40. The number of aromatic hydroxyl groups is 3. The van der Waals surface area contributed by atoms with Crippen LogP contribution in [0.15, 0.2) is 30.3 Å². The Morgan fingerprint density at radius 3 is 2.52 bits per heavy atom. The second kappa shape index (κ2) is 4.86. The highest BCUT2D eigenvalue weighted by molar-refractivity contribution is 5.49. The van der Waals surface area contributed by atoms with Gasteiger partial charge in [0.15, 0.2) is 11.5 Å². The molecule has 1 aliphatic rings. The van der Waals surface area contributed by atoms with E-state index in [0.29, 0.717) is 17.7 Å². The summed E-state index contributed by atoms with van der Waals surface area (Å²) < 4.78 is 5.78. The van der Waals surface area contributed by atoms with E-state index in [1.54, 1.807) is 12.1 Å². The maximum Gasteiger partial charge on any atom is 0.157 e. The summed E-state index contributed by atoms with van der Waals surface area (Å²) in [6, 6.07) is 7.44. The molecule has 5 nitrogen and oxygen atoms in total. The molecular weight excluding hydrogens is 272 g/mol. The molecule has 0 bridgehead atoms. The monoisotopic (exact) mass is 288 g/mol. The van der Waals surface area contributed by atoms with E-state index in [0.717, 1.165) is 11.1 Å². The topological polar surface area (TPSA) is 90.2 Å². The van der Waals surface area contributed by atoms with Gasteiger partial charge in [0.1, 0.15) is 17.6 Å². The minimum Gasteiger partial charge on any atom is -0.508 e. The summed E-state index contributed by atoms with van der Waals surface area (Å²) >= 11 is 0. The predicted molar refractivity (Wildman–Crippen MR) is 75.7 cm³/mol. The third-order valence-corrected chi connectivity index (χ3v) is 3.76. The molecule has 4 N–H and O–H groups in total. The number of rotatable bonds is 1. The van der Waals surface area contributed by atoms with E-state index in [1.807, 2.05) is 6.92 Å². The first kappa shape index (κ1) is 13.6. The van der Waals surface area contributed by atoms with Crippen LogP contribution >= 0.6 is 0 Å². The molecule has 1 aliphatic heterocycles. The van der Waals surface area contributed by atoms with Crippen molar-refractivity contribution in [1.82, 2.24) is 0 Å². The van der Waals surface area contributed by atoms with Gasteiger partial charge in [-0.2, -0.15) is 0 Å². The van der Waals surface area contributed by atoms with E-state index < -0.39 is 12.2 Å². The molecule has 3 rings (SSSR count). The first-order chi connectivity index (χ1) is 9.95. The van der Waals surface area contributed by atoms with Crippen molar-refractivity contribution < 1.29 is 25.2 Å². The summed E-state index contributed by atoms with van der Waals surface area (Å²) in [7, 11) is 0. The minimum atomic E-state index is -0.773. The normalized spacial score (nSPS) is 20.7. The Hall–Kier alpha value is -2.40. The fraction of sp³-hybridized carbons (Fsp3) is 0.250. The number of ether oxygens (including phenoxy) is 1. The second-order valence-electron chi connectivity index (χ2n) is 5.30. The molecule has 0 spiro atoms. The van der Waals surface area contributed by atoms with Gasteiger partial charge in [0.2, 0.25) is 0 Å². The molecule has 0 radical (unpaired) electrons. The Bertz CT molecular complexity index is 695. The minimum absolute atomic E-state index is 0.106. The van der Waals surface area contributed by atoms with Crippen molar-refractivity contribution in [3.8, 4) is 23.0 Å². The van der Waals surface area contributed by atoms with Crippen LogP contribution < -0.4 is 4.74 Å². The van der Waals surface area contributed by atoms with Gasteiger partial charge >= 0.3 is 0 Å². The number of aliphatic hydroxyl groups is 1. The highest BCUT2D eigenvalue weighted by Gasteiger charge is 2.31. The van der Waals surface area contributed by atoms with Crippen molar-refractivity contribution in [2.24, 2.45) is 0 Å². The van der Waals surface area contributed by atoms with Crippen molar-refractivity contribution in [2.45, 2.75) is 25.6 Å². The van der Waals surface area contributed by atoms with Gasteiger partial charge in [-0.3, -0.25) is 0 Å². The summed E-state index contributed by atoms with van der Waals surface area (Å²) in [4.78, 5) is 0. The van der Waals surface area contributed by atoms with Gasteiger partial charge < -0.3 is 25.2 Å². The third-order valence-electron chi connectivity index (χ3n) is 3.76. The molecule has 0 aromatic heterocycles. The Morgan fingerprint density at radius 2 is 1.81 bits per heavy atom. The van der Waals surface area contributed by atoms with Crippen molar-refractivity contribution in [1.29, 1.82) is 0 Å². The molecule has 2 aromatic rings. The van der Waals surface area contributed by atoms with E-state index >= 15 is 0 Å². The zero-order valence-electron chi connectivity index (χ0n) is 11.4. The number of hydrogen-bond donors (Lipinski definition) is 4. The molecule has 2 aromatic carbocycles. The number of phenolic OH excluding ortho intramolecular Hbond substituents is 3. The van der Waals surface area contributed by atoms with E-state index in [1.165, 1.54) is 18.2 Å². The summed E-state index contributed by atoms with van der Waals surface area (Å²) in [6.07, 6.45) is -1.04. The first-order valence-electron chi connectivity index (χ1n) is 6.65. The van der Waals surface area contributed by atoms with E-state index in [2.05, 4.69) is 0 Å². The molecule has 0 amide bonds. The standard InChI is InChI=1S/C16H16O5/c1-8-4-10(17)6-15-11(8)7-14(20)16(21-15)9-2-3-12(18)13(19)5-9/h2-6,14,16-20H,7H2,1H3. The van der Waals surface area contributed by atoms with Crippen LogP contribution in [0, 0.1) is 6.92 Å². The third kappa shape index (κ3) is 2.36. The number of benzene rings is 2. The van der Waals surface area contributed by atoms with Gasteiger partial charge in [-0.05, 0) is 36.2 Å². The van der Waals surface area contributed by atoms with Crippen molar-refractivity contribution >= 4 is 0 Å². The van der Waals surface area contributed by atoms with Crippen LogP contribution in [0.1, 0.15) is 22.8 Å². The molecule has 21 heavy (non-hydrogen) atoms. The number of phenols is 3. The van der Waals surface area contributed by atoms with Crippen LogP contribution in [0.4, 0.5) is 0 Å². The molecule has 0 aliphatic carbocycles. The SMILES string of the molecule is Cc1cc(O)cc2c1CC(O)C(c1ccc(O)c(O)c1)O2. The summed E-state index contributed by atoms with van der Waals surface area (Å²) in [5.74, 6) is 0.143. The lowest BCUT2D eigenvalue weighted by atomic mass is 9.92. The summed E-state index contributed by atoms with van der Waals surface area (Å²) in [6.45, 7) is 1.85. The van der Waals surface area contributed by atoms with Crippen LogP contribution in [0.3, 0.4) is 0 Å². The van der Waals surface area contributed by atoms with Crippen molar-refractivity contribution in [3.63, 3.8) is 0 Å². The molecule has 2 unspecified atom stereocenters. The molecule has 5 heteroatoms. The lowest BCUT2D eigenvalue weighted by Crippen LogP contribution is -2.30. The zero-order chi connectivity index (χ0) is 15.1. The number of fused-ring (bicyclic) bond motifs is 1. The van der Waals surface area contributed by atoms with Gasteiger partial charge in [0.05, 0.1) is 6.10 Å². The lowest BCUT2D eigenvalue weighted by Gasteiger charge is -2.32. The van der Waals surface area contributed by atoms with Crippen molar-refractivity contribution in [3.05, 3.63) is 47.0 Å². The number of aryl methyl sites for hydroxylation is 1. The maximum atomic E-state index is 10.3. The summed E-state index contributed by atoms with van der Waals surface area (Å²) in [5.41, 5.74) is 2.28. The predicted octanol–water partition coefficient (Wildman–Crippen LogP) is 2.15. The van der Waals surface area contributed by atoms with Crippen LogP contribution in [0.5, 0.6) is 23.0 Å². The lowest BCUT2D eigenvalue weighted by molar-refractivity contribution is 0.0203. The average Bonchev–Trinajstić information content (AvgIpc) is 2.42. The largest absolute Gasteiger partial charge is 0.508 e. The Kier molecular flexibility index (Phi) is 3.14. The van der Waals surface area contributed by atoms with Crippen molar-refractivity contribution in [2.75, 3.05) is 0 Å². The van der Waals surface area contributed by atoms with Crippen LogP contribution in [0.25, 0.3) is 0 Å². The molecular formula is C16H16O5. The highest BCUT2D eigenvalue weighted by atomic mass is 16.5. The zero-order valence-corrected chi connectivity index (χ0v) is 11.4. The Labute approximate surface area is 121 Å². The molecule has 110 valence electrons. The van der Waals surface area contributed by atoms with Gasteiger partial charge in [-0.25, -0.2) is 0 Å². The van der Waals surface area contributed by atoms with E-state index in [9.17, 15) is 20.4 Å². The maximum absolute atomic E-state index is 10.3. The molecule has 0 fully saturated rings. The Morgan fingerprint density at radius 1 is 1.05 bits per heavy atom. The smallest absolute Gasteiger partial charge is 0.157 e. The quantitative estimate of drug-likeness (QED) is 0.604. The summed E-state index contributed by atoms with van der Waals surface area (Å²) in [5, 5.41) is 38.9. The fourth-order valence-corrected chi connectivity index (χ4v) is 2.67. The fourth-order valence-electron chi connectivity index (χ4n) is 2.67. The molecule has 0 saturated carbocycles. The second-order valence-corrected chi connectivity index (χ2v) is 5.30. The van der Waals surface area contributed by atoms with E-state index in [-0.39, 0.29) is 17.2 Å². The van der Waals surface area contributed by atoms with Gasteiger partial charge in [0, 0.05) is 18.1 Å². The molecule has 2 atom stereocenters. The van der Waals surface area contributed by atoms with Crippen LogP contribution in [0.2, 0.25) is 0 Å². The molecule has 0 saturated heterocycles. The first-order valence-corrected chi connectivity index (χ1v) is 6.65. The van der Waals surface area contributed by atoms with Crippen LogP contribution in [-0.4, -0.2) is 26.5 Å². The number of hydrogen-bond acceptors (Lipinski definition) is 5. The van der Waals surface area contributed by atoms with E-state index in [4.69, 9.17) is 4.74 Å². The Balaban J connectivity index is 2.00. The molecule has 1 heterocycles.